The fraction of sp³-hybridized carbons (Fsp3) is 0.143. The van der Waals surface area contributed by atoms with Gasteiger partial charge in [-0.2, -0.15) is 0 Å². The van der Waals surface area contributed by atoms with Crippen LogP contribution in [-0.4, -0.2) is 28.8 Å². The normalized spacial score (nSPS) is 13.1. The summed E-state index contributed by atoms with van der Waals surface area (Å²) in [5, 5.41) is 0. The van der Waals surface area contributed by atoms with Crippen molar-refractivity contribution in [1.82, 2.24) is 9.97 Å². The number of fused-ring (bicyclic) bond motifs is 1. The van der Waals surface area contributed by atoms with Gasteiger partial charge in [0.05, 0.1) is 24.1 Å². The molecule has 0 radical (unpaired) electrons. The first-order valence-corrected chi connectivity index (χ1v) is 8.53. The highest BCUT2D eigenvalue weighted by Gasteiger charge is 2.26. The van der Waals surface area contributed by atoms with Gasteiger partial charge in [0, 0.05) is 23.5 Å². The van der Waals surface area contributed by atoms with Crippen molar-refractivity contribution in [2.45, 2.75) is 13.5 Å². The van der Waals surface area contributed by atoms with Gasteiger partial charge in [-0.05, 0) is 42.8 Å². The molecular formula is C21H17N3O3. The number of aromatic nitrogens is 2. The van der Waals surface area contributed by atoms with E-state index in [0.717, 1.165) is 28.7 Å². The second kappa shape index (κ2) is 6.99. The molecule has 4 rings (SSSR count). The standard InChI is InChI=1S/C21H17N3O3/c1-14-6-16(8-17(7-14)18-10-22-4-5-23-18)11-24-19-9-15(12-25)2-3-20(19)27-13-21(24)26/h2-10,12H,11,13H2,1H3. The van der Waals surface area contributed by atoms with E-state index in [4.69, 9.17) is 4.74 Å². The van der Waals surface area contributed by atoms with Crippen molar-refractivity contribution in [3.05, 3.63) is 71.7 Å². The van der Waals surface area contributed by atoms with Crippen LogP contribution in [-0.2, 0) is 11.3 Å². The van der Waals surface area contributed by atoms with Crippen molar-refractivity contribution in [3.63, 3.8) is 0 Å². The van der Waals surface area contributed by atoms with Crippen molar-refractivity contribution in [2.75, 3.05) is 11.5 Å². The molecule has 1 aliphatic heterocycles. The van der Waals surface area contributed by atoms with Gasteiger partial charge >= 0.3 is 0 Å². The maximum Gasteiger partial charge on any atom is 0.265 e. The van der Waals surface area contributed by atoms with Gasteiger partial charge in [0.15, 0.2) is 6.61 Å². The van der Waals surface area contributed by atoms with E-state index in [1.165, 1.54) is 0 Å². The van der Waals surface area contributed by atoms with Crippen LogP contribution in [0.15, 0.2) is 55.0 Å². The molecule has 0 N–H and O–H groups in total. The summed E-state index contributed by atoms with van der Waals surface area (Å²) in [5.74, 6) is 0.454. The number of ether oxygens (including phenoxy) is 1. The molecule has 134 valence electrons. The lowest BCUT2D eigenvalue weighted by molar-refractivity contribution is -0.121. The Labute approximate surface area is 156 Å². The first-order valence-electron chi connectivity index (χ1n) is 8.53. The number of hydrogen-bond acceptors (Lipinski definition) is 5. The summed E-state index contributed by atoms with van der Waals surface area (Å²) in [5.41, 5.74) is 4.86. The van der Waals surface area contributed by atoms with Gasteiger partial charge in [-0.15, -0.1) is 0 Å². The summed E-state index contributed by atoms with van der Waals surface area (Å²) in [6.07, 6.45) is 5.76. The van der Waals surface area contributed by atoms with Crippen LogP contribution < -0.4 is 9.64 Å². The van der Waals surface area contributed by atoms with Crippen LogP contribution >= 0.6 is 0 Å². The number of benzene rings is 2. The monoisotopic (exact) mass is 359 g/mol. The molecular weight excluding hydrogens is 342 g/mol. The lowest BCUT2D eigenvalue weighted by atomic mass is 10.0. The number of anilines is 1. The molecule has 0 bridgehead atoms. The van der Waals surface area contributed by atoms with E-state index in [-0.39, 0.29) is 12.5 Å². The van der Waals surface area contributed by atoms with Gasteiger partial charge in [0.2, 0.25) is 0 Å². The van der Waals surface area contributed by atoms with Crippen molar-refractivity contribution in [2.24, 2.45) is 0 Å². The van der Waals surface area contributed by atoms with E-state index in [1.54, 1.807) is 41.7 Å². The fourth-order valence-electron chi connectivity index (χ4n) is 3.20. The van der Waals surface area contributed by atoms with Gasteiger partial charge in [0.1, 0.15) is 12.0 Å². The number of rotatable bonds is 4. The Hall–Kier alpha value is -3.54. The third-order valence-electron chi connectivity index (χ3n) is 4.40. The Morgan fingerprint density at radius 1 is 1.19 bits per heavy atom. The van der Waals surface area contributed by atoms with Gasteiger partial charge < -0.3 is 9.64 Å². The van der Waals surface area contributed by atoms with Crippen molar-refractivity contribution >= 4 is 17.9 Å². The van der Waals surface area contributed by atoms with E-state index in [9.17, 15) is 9.59 Å². The Balaban J connectivity index is 1.71. The molecule has 1 aromatic heterocycles. The number of aryl methyl sites for hydroxylation is 1. The Bertz CT molecular complexity index is 1020. The number of carbonyl (C=O) groups is 2. The first-order chi connectivity index (χ1) is 13.1. The van der Waals surface area contributed by atoms with E-state index in [2.05, 4.69) is 9.97 Å². The summed E-state index contributed by atoms with van der Waals surface area (Å²) < 4.78 is 5.49. The highest BCUT2D eigenvalue weighted by molar-refractivity contribution is 5.98. The molecule has 0 unspecified atom stereocenters. The molecule has 27 heavy (non-hydrogen) atoms. The van der Waals surface area contributed by atoms with Crippen molar-refractivity contribution < 1.29 is 14.3 Å². The molecule has 3 aromatic rings. The van der Waals surface area contributed by atoms with E-state index in [1.807, 2.05) is 25.1 Å². The minimum atomic E-state index is -0.145. The second-order valence-electron chi connectivity index (χ2n) is 6.41. The maximum atomic E-state index is 12.5. The highest BCUT2D eigenvalue weighted by atomic mass is 16.5. The lowest BCUT2D eigenvalue weighted by Gasteiger charge is -2.30. The first kappa shape index (κ1) is 16.9. The van der Waals surface area contributed by atoms with Crippen LogP contribution in [0.5, 0.6) is 5.75 Å². The molecule has 0 aliphatic carbocycles. The summed E-state index contributed by atoms with van der Waals surface area (Å²) in [4.78, 5) is 33.7. The number of hydrogen-bond donors (Lipinski definition) is 0. The summed E-state index contributed by atoms with van der Waals surface area (Å²) in [7, 11) is 0. The minimum absolute atomic E-state index is 0.0176. The molecule has 2 aromatic carbocycles. The quantitative estimate of drug-likeness (QED) is 0.669. The topological polar surface area (TPSA) is 72.4 Å². The number of amides is 1. The van der Waals surface area contributed by atoms with Crippen LogP contribution in [0.2, 0.25) is 0 Å². The molecule has 1 aliphatic rings. The molecule has 0 saturated carbocycles. The van der Waals surface area contributed by atoms with Crippen LogP contribution in [0.4, 0.5) is 5.69 Å². The zero-order valence-corrected chi connectivity index (χ0v) is 14.8. The highest BCUT2D eigenvalue weighted by Crippen LogP contribution is 2.34. The zero-order chi connectivity index (χ0) is 18.8. The molecule has 0 spiro atoms. The third-order valence-corrected chi connectivity index (χ3v) is 4.40. The molecule has 1 amide bonds. The molecule has 2 heterocycles. The van der Waals surface area contributed by atoms with Gasteiger partial charge in [-0.25, -0.2) is 0 Å². The second-order valence-corrected chi connectivity index (χ2v) is 6.41. The minimum Gasteiger partial charge on any atom is -0.482 e. The SMILES string of the molecule is Cc1cc(CN2C(=O)COc3ccc(C=O)cc32)cc(-c2cnccn2)c1. The van der Waals surface area contributed by atoms with Crippen molar-refractivity contribution in [3.8, 4) is 17.0 Å². The van der Waals surface area contributed by atoms with Crippen LogP contribution in [0, 0.1) is 6.92 Å². The number of nitrogens with zero attached hydrogens (tertiary/aromatic N) is 3. The Morgan fingerprint density at radius 2 is 2.07 bits per heavy atom. The zero-order valence-electron chi connectivity index (χ0n) is 14.8. The molecule has 6 heteroatoms. The van der Waals surface area contributed by atoms with Gasteiger partial charge in [-0.1, -0.05) is 11.6 Å². The fourth-order valence-corrected chi connectivity index (χ4v) is 3.20. The molecule has 6 nitrogen and oxygen atoms in total. The average Bonchev–Trinajstić information content (AvgIpc) is 2.70. The lowest BCUT2D eigenvalue weighted by Crippen LogP contribution is -2.38. The van der Waals surface area contributed by atoms with Gasteiger partial charge in [-0.3, -0.25) is 19.6 Å². The summed E-state index contributed by atoms with van der Waals surface area (Å²) in [6, 6.07) is 11.2. The molecule has 0 saturated heterocycles. The van der Waals surface area contributed by atoms with E-state index < -0.39 is 0 Å². The predicted octanol–water partition coefficient (Wildman–Crippen LogP) is 3.19. The van der Waals surface area contributed by atoms with Crippen LogP contribution in [0.3, 0.4) is 0 Å². The van der Waals surface area contributed by atoms with Crippen LogP contribution in [0.1, 0.15) is 21.5 Å². The number of carbonyl (C=O) groups excluding carboxylic acids is 2. The van der Waals surface area contributed by atoms with Crippen LogP contribution in [0.25, 0.3) is 11.3 Å². The Kier molecular flexibility index (Phi) is 4.38. The van der Waals surface area contributed by atoms with E-state index in [0.29, 0.717) is 23.5 Å². The third kappa shape index (κ3) is 3.42. The van der Waals surface area contributed by atoms with Gasteiger partial charge in [0.25, 0.3) is 5.91 Å². The van der Waals surface area contributed by atoms with Crippen molar-refractivity contribution in [1.29, 1.82) is 0 Å². The summed E-state index contributed by atoms with van der Waals surface area (Å²) >= 11 is 0. The maximum absolute atomic E-state index is 12.5. The predicted molar refractivity (Wildman–Crippen MR) is 101 cm³/mol. The summed E-state index contributed by atoms with van der Waals surface area (Å²) in [6.45, 7) is 2.37. The Morgan fingerprint density at radius 3 is 2.85 bits per heavy atom. The molecule has 0 atom stereocenters. The van der Waals surface area contributed by atoms with E-state index >= 15 is 0 Å². The average molecular weight is 359 g/mol. The largest absolute Gasteiger partial charge is 0.482 e. The number of aldehydes is 1. The smallest absolute Gasteiger partial charge is 0.265 e. The molecule has 0 fully saturated rings.